The van der Waals surface area contributed by atoms with E-state index < -0.39 is 11.7 Å². The summed E-state index contributed by atoms with van der Waals surface area (Å²) in [5, 5.41) is 8.13. The molecule has 0 fully saturated rings. The summed E-state index contributed by atoms with van der Waals surface area (Å²) < 4.78 is 16.2. The summed E-state index contributed by atoms with van der Waals surface area (Å²) >= 11 is 0. The van der Waals surface area contributed by atoms with Crippen LogP contribution in [0.15, 0.2) is 48.5 Å². The van der Waals surface area contributed by atoms with E-state index in [9.17, 15) is 14.4 Å². The first kappa shape index (κ1) is 26.5. The number of para-hydroxylation sites is 3. The summed E-state index contributed by atoms with van der Waals surface area (Å²) in [6, 6.07) is 14.3. The summed E-state index contributed by atoms with van der Waals surface area (Å²) in [5.41, 5.74) is 0.707. The largest absolute Gasteiger partial charge is 0.490 e. The van der Waals surface area contributed by atoms with Crippen molar-refractivity contribution >= 4 is 23.6 Å². The van der Waals surface area contributed by atoms with E-state index in [0.29, 0.717) is 23.8 Å². The lowest BCUT2D eigenvalue weighted by Gasteiger charge is -2.19. The Morgan fingerprint density at radius 1 is 0.853 bits per heavy atom. The van der Waals surface area contributed by atoms with Gasteiger partial charge in [-0.2, -0.15) is 0 Å². The van der Waals surface area contributed by atoms with E-state index in [2.05, 4.69) is 16.0 Å². The van der Waals surface area contributed by atoms with Crippen molar-refractivity contribution in [3.8, 4) is 11.5 Å². The molecular weight excluding hydrogens is 438 g/mol. The van der Waals surface area contributed by atoms with Gasteiger partial charge in [-0.25, -0.2) is 4.79 Å². The second kappa shape index (κ2) is 13.1. The summed E-state index contributed by atoms with van der Waals surface area (Å²) in [6.45, 7) is 7.83. The van der Waals surface area contributed by atoms with E-state index in [1.807, 2.05) is 19.1 Å². The van der Waals surface area contributed by atoms with Crippen LogP contribution in [0.5, 0.6) is 11.5 Å². The van der Waals surface area contributed by atoms with Gasteiger partial charge in [-0.15, -0.1) is 0 Å². The van der Waals surface area contributed by atoms with Gasteiger partial charge in [-0.3, -0.25) is 9.59 Å². The number of nitrogens with one attached hydrogen (secondary N) is 3. The number of carbonyl (C=O) groups excluding carboxylic acids is 3. The Bertz CT molecular complexity index is 971. The fourth-order valence-electron chi connectivity index (χ4n) is 2.84. The molecule has 0 aromatic heterocycles. The Balaban J connectivity index is 1.81. The van der Waals surface area contributed by atoms with Gasteiger partial charge in [-0.05, 0) is 51.5 Å². The standard InChI is InChI=1S/C25H33N3O6/c1-5-32-20-12-8-9-13-21(20)33-17-23(30)28-19-11-7-6-10-18(19)16-27-22(29)14-15-26-24(31)34-25(2,3)4/h6-13H,5,14-17H2,1-4H3,(H,26,31)(H,27,29)(H,28,30). The molecule has 3 amide bonds. The molecule has 0 spiro atoms. The zero-order valence-corrected chi connectivity index (χ0v) is 20.1. The Morgan fingerprint density at radius 2 is 1.50 bits per heavy atom. The number of rotatable bonds is 11. The minimum absolute atomic E-state index is 0.0981. The van der Waals surface area contributed by atoms with Crippen LogP contribution in [0.4, 0.5) is 10.5 Å². The van der Waals surface area contributed by atoms with Crippen molar-refractivity contribution < 1.29 is 28.6 Å². The van der Waals surface area contributed by atoms with Crippen molar-refractivity contribution in [3.63, 3.8) is 0 Å². The van der Waals surface area contributed by atoms with Crippen molar-refractivity contribution in [2.45, 2.75) is 46.3 Å². The molecule has 0 aliphatic rings. The third kappa shape index (κ3) is 9.81. The van der Waals surface area contributed by atoms with Crippen LogP contribution in [-0.4, -0.2) is 43.3 Å². The first-order valence-electron chi connectivity index (χ1n) is 11.1. The predicted octanol–water partition coefficient (Wildman–Crippen LogP) is 3.63. The van der Waals surface area contributed by atoms with Gasteiger partial charge in [0.2, 0.25) is 5.91 Å². The van der Waals surface area contributed by atoms with Crippen LogP contribution >= 0.6 is 0 Å². The molecule has 184 valence electrons. The molecule has 0 aliphatic carbocycles. The molecule has 2 rings (SSSR count). The van der Waals surface area contributed by atoms with Crippen LogP contribution < -0.4 is 25.4 Å². The second-order valence-electron chi connectivity index (χ2n) is 8.33. The van der Waals surface area contributed by atoms with Gasteiger partial charge in [0.15, 0.2) is 18.1 Å². The van der Waals surface area contributed by atoms with E-state index in [0.717, 1.165) is 5.56 Å². The molecule has 0 bridgehead atoms. The SMILES string of the molecule is CCOc1ccccc1OCC(=O)Nc1ccccc1CNC(=O)CCNC(=O)OC(C)(C)C. The number of hydrogen-bond donors (Lipinski definition) is 3. The topological polar surface area (TPSA) is 115 Å². The summed E-state index contributed by atoms with van der Waals surface area (Å²) in [5.74, 6) is 0.474. The number of amides is 3. The highest BCUT2D eigenvalue weighted by Crippen LogP contribution is 2.26. The van der Waals surface area contributed by atoms with Crippen LogP contribution in [0.3, 0.4) is 0 Å². The number of ether oxygens (including phenoxy) is 3. The molecule has 0 saturated carbocycles. The van der Waals surface area contributed by atoms with E-state index in [-0.39, 0.29) is 37.9 Å². The Hall–Kier alpha value is -3.75. The van der Waals surface area contributed by atoms with Crippen molar-refractivity contribution in [3.05, 3.63) is 54.1 Å². The van der Waals surface area contributed by atoms with E-state index in [1.165, 1.54) is 0 Å². The maximum atomic E-state index is 12.4. The fraction of sp³-hybridized carbons (Fsp3) is 0.400. The number of anilines is 1. The van der Waals surface area contributed by atoms with Gasteiger partial charge < -0.3 is 30.2 Å². The Kier molecular flexibility index (Phi) is 10.2. The van der Waals surface area contributed by atoms with Crippen LogP contribution in [0.2, 0.25) is 0 Å². The zero-order chi connectivity index (χ0) is 25.0. The Labute approximate surface area is 200 Å². The average molecular weight is 472 g/mol. The van der Waals surface area contributed by atoms with Gasteiger partial charge in [0.1, 0.15) is 5.60 Å². The van der Waals surface area contributed by atoms with Crippen LogP contribution in [0, 0.1) is 0 Å². The van der Waals surface area contributed by atoms with E-state index >= 15 is 0 Å². The molecule has 9 nitrogen and oxygen atoms in total. The molecule has 2 aromatic carbocycles. The van der Waals surface area contributed by atoms with Crippen molar-refractivity contribution in [2.75, 3.05) is 25.1 Å². The normalized spacial score (nSPS) is 10.7. The van der Waals surface area contributed by atoms with E-state index in [1.54, 1.807) is 57.2 Å². The molecular formula is C25H33N3O6. The number of alkyl carbamates (subject to hydrolysis) is 1. The maximum absolute atomic E-state index is 12.4. The average Bonchev–Trinajstić information content (AvgIpc) is 2.77. The first-order chi connectivity index (χ1) is 16.2. The van der Waals surface area contributed by atoms with Crippen LogP contribution in [0.1, 0.15) is 39.7 Å². The highest BCUT2D eigenvalue weighted by Gasteiger charge is 2.16. The molecule has 0 saturated heterocycles. The number of benzene rings is 2. The lowest BCUT2D eigenvalue weighted by molar-refractivity contribution is -0.121. The smallest absolute Gasteiger partial charge is 0.407 e. The summed E-state index contributed by atoms with van der Waals surface area (Å²) in [4.78, 5) is 36.2. The van der Waals surface area contributed by atoms with Gasteiger partial charge in [0, 0.05) is 25.2 Å². The predicted molar refractivity (Wildman–Crippen MR) is 129 cm³/mol. The highest BCUT2D eigenvalue weighted by atomic mass is 16.6. The number of carbonyl (C=O) groups is 3. The molecule has 0 radical (unpaired) electrons. The van der Waals surface area contributed by atoms with Crippen molar-refractivity contribution in [1.29, 1.82) is 0 Å². The molecule has 9 heteroatoms. The quantitative estimate of drug-likeness (QED) is 0.461. The third-order valence-electron chi connectivity index (χ3n) is 4.30. The molecule has 34 heavy (non-hydrogen) atoms. The molecule has 0 aliphatic heterocycles. The summed E-state index contributed by atoms with van der Waals surface area (Å²) in [6.07, 6.45) is -0.472. The molecule has 2 aromatic rings. The van der Waals surface area contributed by atoms with Crippen molar-refractivity contribution in [2.24, 2.45) is 0 Å². The monoisotopic (exact) mass is 471 g/mol. The second-order valence-corrected chi connectivity index (χ2v) is 8.33. The maximum Gasteiger partial charge on any atom is 0.407 e. The first-order valence-corrected chi connectivity index (χ1v) is 11.1. The van der Waals surface area contributed by atoms with Gasteiger partial charge in [-0.1, -0.05) is 30.3 Å². The molecule has 0 heterocycles. The van der Waals surface area contributed by atoms with E-state index in [4.69, 9.17) is 14.2 Å². The Morgan fingerprint density at radius 3 is 2.18 bits per heavy atom. The molecule has 0 unspecified atom stereocenters. The molecule has 0 atom stereocenters. The highest BCUT2D eigenvalue weighted by molar-refractivity contribution is 5.92. The molecule has 3 N–H and O–H groups in total. The summed E-state index contributed by atoms with van der Waals surface area (Å²) in [7, 11) is 0. The van der Waals surface area contributed by atoms with Crippen LogP contribution in [0.25, 0.3) is 0 Å². The van der Waals surface area contributed by atoms with Crippen molar-refractivity contribution in [1.82, 2.24) is 10.6 Å². The lowest BCUT2D eigenvalue weighted by Crippen LogP contribution is -2.35. The third-order valence-corrected chi connectivity index (χ3v) is 4.30. The van der Waals surface area contributed by atoms with Gasteiger partial charge in [0.05, 0.1) is 6.61 Å². The van der Waals surface area contributed by atoms with Crippen LogP contribution in [-0.2, 0) is 20.9 Å². The fourth-order valence-corrected chi connectivity index (χ4v) is 2.84. The number of hydrogen-bond acceptors (Lipinski definition) is 6. The van der Waals surface area contributed by atoms with Gasteiger partial charge in [0.25, 0.3) is 5.91 Å². The minimum Gasteiger partial charge on any atom is -0.490 e. The lowest BCUT2D eigenvalue weighted by atomic mass is 10.1. The van der Waals surface area contributed by atoms with Gasteiger partial charge >= 0.3 is 6.09 Å². The zero-order valence-electron chi connectivity index (χ0n) is 20.1. The minimum atomic E-state index is -0.599.